The number of nitrogen functional groups attached to an aromatic ring is 1. The number of sulfonamides is 1. The summed E-state index contributed by atoms with van der Waals surface area (Å²) >= 11 is 0. The maximum absolute atomic E-state index is 12.5. The molecule has 2 heterocycles. The Labute approximate surface area is 158 Å². The van der Waals surface area contributed by atoms with Gasteiger partial charge in [-0.15, -0.1) is 5.11 Å². The van der Waals surface area contributed by atoms with E-state index in [-0.39, 0.29) is 28.0 Å². The van der Waals surface area contributed by atoms with Gasteiger partial charge in [-0.3, -0.25) is 14.8 Å². The molecule has 0 amide bonds. The van der Waals surface area contributed by atoms with Crippen molar-refractivity contribution in [2.75, 3.05) is 10.5 Å². The van der Waals surface area contributed by atoms with E-state index in [9.17, 15) is 18.0 Å². The van der Waals surface area contributed by atoms with E-state index in [1.54, 1.807) is 13.8 Å². The molecule has 11 nitrogen and oxygen atoms in total. The summed E-state index contributed by atoms with van der Waals surface area (Å²) in [5, 5.41) is 7.52. The molecule has 12 heteroatoms. The van der Waals surface area contributed by atoms with Crippen LogP contribution < -0.4 is 21.7 Å². The number of H-pyrrole nitrogens is 2. The lowest BCUT2D eigenvalue weighted by Crippen LogP contribution is -2.23. The van der Waals surface area contributed by atoms with Crippen molar-refractivity contribution in [1.29, 1.82) is 0 Å². The average Bonchev–Trinajstić information content (AvgIpc) is 2.93. The third kappa shape index (κ3) is 3.86. The summed E-state index contributed by atoms with van der Waals surface area (Å²) in [5.74, 6) is -0.0842. The highest BCUT2D eigenvalue weighted by molar-refractivity contribution is 7.92. The summed E-state index contributed by atoms with van der Waals surface area (Å²) in [6.07, 6.45) is 1.46. The molecule has 28 heavy (non-hydrogen) atoms. The molecular weight excluding hydrogens is 388 g/mol. The van der Waals surface area contributed by atoms with E-state index in [1.165, 1.54) is 30.5 Å². The zero-order chi connectivity index (χ0) is 20.5. The Morgan fingerprint density at radius 3 is 2.32 bits per heavy atom. The maximum Gasteiger partial charge on any atom is 0.327 e. The molecule has 0 aliphatic rings. The third-order valence-electron chi connectivity index (χ3n) is 3.87. The van der Waals surface area contributed by atoms with Crippen molar-refractivity contribution in [2.24, 2.45) is 10.2 Å². The number of aromatic amines is 2. The first kappa shape index (κ1) is 19.1. The molecule has 0 atom stereocenters. The molecule has 0 bridgehead atoms. The zero-order valence-corrected chi connectivity index (χ0v) is 15.6. The smallest absolute Gasteiger partial charge is 0.327 e. The van der Waals surface area contributed by atoms with Crippen molar-refractivity contribution >= 4 is 33.1 Å². The molecule has 3 rings (SSSR count). The molecule has 3 aromatic rings. The van der Waals surface area contributed by atoms with E-state index in [2.05, 4.69) is 19.9 Å². The molecule has 0 saturated heterocycles. The number of hydrogen-bond donors (Lipinski definition) is 4. The van der Waals surface area contributed by atoms with Crippen LogP contribution in [0.15, 0.2) is 59.7 Å². The molecule has 146 valence electrons. The Bertz CT molecular complexity index is 1270. The van der Waals surface area contributed by atoms with Crippen molar-refractivity contribution in [3.05, 3.63) is 62.5 Å². The summed E-state index contributed by atoms with van der Waals surface area (Å²) < 4.78 is 32.5. The first-order valence-corrected chi connectivity index (χ1v) is 9.37. The first-order chi connectivity index (χ1) is 13.2. The Morgan fingerprint density at radius 1 is 1.07 bits per heavy atom. The van der Waals surface area contributed by atoms with Crippen molar-refractivity contribution in [3.63, 3.8) is 0 Å². The van der Waals surface area contributed by atoms with E-state index in [0.29, 0.717) is 5.56 Å². The minimum Gasteiger partial charge on any atom is -0.447 e. The lowest BCUT2D eigenvalue weighted by Gasteiger charge is -2.06. The van der Waals surface area contributed by atoms with Gasteiger partial charge in [-0.25, -0.2) is 17.9 Å². The number of rotatable bonds is 5. The molecule has 5 N–H and O–H groups in total. The highest BCUT2D eigenvalue weighted by atomic mass is 32.2. The van der Waals surface area contributed by atoms with Crippen molar-refractivity contribution in [2.45, 2.75) is 18.7 Å². The van der Waals surface area contributed by atoms with E-state index in [0.717, 1.165) is 5.56 Å². The topological polar surface area (TPSA) is 176 Å². The van der Waals surface area contributed by atoms with Gasteiger partial charge in [0.2, 0.25) is 5.88 Å². The van der Waals surface area contributed by atoms with Crippen LogP contribution in [-0.4, -0.2) is 18.4 Å². The number of furan rings is 1. The maximum atomic E-state index is 12.5. The number of aromatic nitrogens is 2. The summed E-state index contributed by atoms with van der Waals surface area (Å²) in [4.78, 5) is 26.9. The Balaban J connectivity index is 1.83. The van der Waals surface area contributed by atoms with Gasteiger partial charge in [0.1, 0.15) is 5.82 Å². The van der Waals surface area contributed by atoms with E-state index in [1.807, 2.05) is 4.98 Å². The van der Waals surface area contributed by atoms with Gasteiger partial charge in [-0.05, 0) is 43.7 Å². The number of hydrogen-bond acceptors (Lipinski definition) is 8. The van der Waals surface area contributed by atoms with Crippen LogP contribution in [0, 0.1) is 13.8 Å². The number of aryl methyl sites for hydroxylation is 1. The summed E-state index contributed by atoms with van der Waals surface area (Å²) in [6.45, 7) is 3.54. The second-order valence-corrected chi connectivity index (χ2v) is 7.53. The van der Waals surface area contributed by atoms with Crippen molar-refractivity contribution < 1.29 is 12.8 Å². The number of anilines is 2. The minimum atomic E-state index is -3.86. The molecule has 0 saturated carbocycles. The fourth-order valence-electron chi connectivity index (χ4n) is 2.18. The van der Waals surface area contributed by atoms with Crippen LogP contribution in [0.4, 0.5) is 23.1 Å². The van der Waals surface area contributed by atoms with Crippen LogP contribution in [0.1, 0.15) is 11.1 Å². The first-order valence-electron chi connectivity index (χ1n) is 7.89. The summed E-state index contributed by atoms with van der Waals surface area (Å²) in [7, 11) is -3.86. The molecule has 0 spiro atoms. The molecule has 0 fully saturated rings. The standard InChI is InChI=1S/C16H16N6O5S/c1-8-7-27-15(9(8)2)22-28(25,26)11-5-3-10(4-6-11)20-21-12-13(17)18-16(24)19-14(12)23/h3-7,22H,1-2H3,(H4,17,18,19,23,24). The predicted molar refractivity (Wildman–Crippen MR) is 102 cm³/mol. The van der Waals surface area contributed by atoms with Crippen LogP contribution in [0.25, 0.3) is 0 Å². The molecular formula is C16H16N6O5S. The Kier molecular flexibility index (Phi) is 4.88. The fraction of sp³-hybridized carbons (Fsp3) is 0.125. The van der Waals surface area contributed by atoms with E-state index >= 15 is 0 Å². The fourth-order valence-corrected chi connectivity index (χ4v) is 3.24. The molecule has 0 aliphatic heterocycles. The van der Waals surface area contributed by atoms with Gasteiger partial charge in [-0.2, -0.15) is 5.11 Å². The lowest BCUT2D eigenvalue weighted by molar-refractivity contribution is 0.573. The number of nitrogens with one attached hydrogen (secondary N) is 3. The highest BCUT2D eigenvalue weighted by Crippen LogP contribution is 2.25. The second kappa shape index (κ2) is 7.15. The number of nitrogens with zero attached hydrogens (tertiary/aromatic N) is 2. The zero-order valence-electron chi connectivity index (χ0n) is 14.8. The van der Waals surface area contributed by atoms with Crippen molar-refractivity contribution in [1.82, 2.24) is 9.97 Å². The van der Waals surface area contributed by atoms with Crippen LogP contribution in [-0.2, 0) is 10.0 Å². The Hall–Kier alpha value is -3.67. The summed E-state index contributed by atoms with van der Waals surface area (Å²) in [5.41, 5.74) is 5.50. The Morgan fingerprint density at radius 2 is 1.75 bits per heavy atom. The van der Waals surface area contributed by atoms with Crippen LogP contribution in [0.2, 0.25) is 0 Å². The highest BCUT2D eigenvalue weighted by Gasteiger charge is 2.18. The average molecular weight is 404 g/mol. The van der Waals surface area contributed by atoms with Gasteiger partial charge in [0.05, 0.1) is 16.8 Å². The van der Waals surface area contributed by atoms with Gasteiger partial charge in [0.25, 0.3) is 15.6 Å². The van der Waals surface area contributed by atoms with Gasteiger partial charge < -0.3 is 10.2 Å². The molecule has 0 unspecified atom stereocenters. The van der Waals surface area contributed by atoms with E-state index < -0.39 is 21.3 Å². The van der Waals surface area contributed by atoms with Gasteiger partial charge in [0, 0.05) is 5.56 Å². The van der Waals surface area contributed by atoms with Crippen LogP contribution >= 0.6 is 0 Å². The number of nitrogens with two attached hydrogens (primary N) is 1. The van der Waals surface area contributed by atoms with Crippen LogP contribution in [0.3, 0.4) is 0 Å². The predicted octanol–water partition coefficient (Wildman–Crippen LogP) is 2.07. The normalized spacial score (nSPS) is 11.8. The van der Waals surface area contributed by atoms with Gasteiger partial charge >= 0.3 is 5.69 Å². The van der Waals surface area contributed by atoms with Crippen LogP contribution in [0.5, 0.6) is 0 Å². The molecule has 0 aliphatic carbocycles. The third-order valence-corrected chi connectivity index (χ3v) is 5.22. The quantitative estimate of drug-likeness (QED) is 0.473. The monoisotopic (exact) mass is 404 g/mol. The number of benzene rings is 1. The van der Waals surface area contributed by atoms with E-state index in [4.69, 9.17) is 10.2 Å². The van der Waals surface area contributed by atoms with Gasteiger partial charge in [-0.1, -0.05) is 0 Å². The van der Waals surface area contributed by atoms with Gasteiger partial charge in [0.15, 0.2) is 5.69 Å². The lowest BCUT2D eigenvalue weighted by atomic mass is 10.2. The summed E-state index contributed by atoms with van der Waals surface area (Å²) in [6, 6.07) is 5.44. The minimum absolute atomic E-state index is 0.0127. The van der Waals surface area contributed by atoms with Crippen molar-refractivity contribution in [3.8, 4) is 0 Å². The molecule has 0 radical (unpaired) electrons. The molecule has 2 aromatic heterocycles. The largest absolute Gasteiger partial charge is 0.447 e. The second-order valence-electron chi connectivity index (χ2n) is 5.84. The molecule has 1 aromatic carbocycles. The number of azo groups is 1. The SMILES string of the molecule is Cc1coc(NS(=O)(=O)c2ccc(N=Nc3c(N)[nH]c(=O)[nH]c3=O)cc2)c1C.